The number of hydrogen-bond donors (Lipinski definition) is 0. The fourth-order valence-corrected chi connectivity index (χ4v) is 2.05. The summed E-state index contributed by atoms with van der Waals surface area (Å²) in [5.74, 6) is 0. The molecule has 2 aromatic carbocycles. The predicted molar refractivity (Wildman–Crippen MR) is 78.1 cm³/mol. The highest BCUT2D eigenvalue weighted by Crippen LogP contribution is 2.26. The van der Waals surface area contributed by atoms with Crippen molar-refractivity contribution in [1.82, 2.24) is 14.8 Å². The molecule has 4 heteroatoms. The average Bonchev–Trinajstić information content (AvgIpc) is 2.51. The molecule has 0 bridgehead atoms. The molecule has 0 saturated carbocycles. The van der Waals surface area contributed by atoms with Crippen molar-refractivity contribution in [3.63, 3.8) is 0 Å². The Morgan fingerprint density at radius 1 is 0.800 bits per heavy atom. The number of rotatable bonds is 2. The van der Waals surface area contributed by atoms with Gasteiger partial charge in [0.1, 0.15) is 11.4 Å². The quantitative estimate of drug-likeness (QED) is 0.713. The highest BCUT2D eigenvalue weighted by molar-refractivity contribution is 5.77. The Balaban J connectivity index is 2.29. The van der Waals surface area contributed by atoms with Crippen LogP contribution in [-0.2, 0) is 7.05 Å². The zero-order chi connectivity index (χ0) is 13.9. The van der Waals surface area contributed by atoms with Gasteiger partial charge >= 0.3 is 5.69 Å². The van der Waals surface area contributed by atoms with Gasteiger partial charge in [-0.2, -0.15) is 10.1 Å². The Kier molecular flexibility index (Phi) is 3.13. The summed E-state index contributed by atoms with van der Waals surface area (Å²) >= 11 is 0. The molecular formula is C16H13N3O. The molecule has 0 aliphatic rings. The number of aryl methyl sites for hydroxylation is 1. The SMILES string of the molecule is Cn1nc(-c2ccccc2)c(-c2ccccc2)nc1=O. The van der Waals surface area contributed by atoms with Crippen molar-refractivity contribution in [1.29, 1.82) is 0 Å². The van der Waals surface area contributed by atoms with Crippen LogP contribution in [0.2, 0.25) is 0 Å². The third-order valence-electron chi connectivity index (χ3n) is 3.05. The van der Waals surface area contributed by atoms with Gasteiger partial charge in [0.05, 0.1) is 0 Å². The third-order valence-corrected chi connectivity index (χ3v) is 3.05. The Morgan fingerprint density at radius 2 is 1.30 bits per heavy atom. The first-order valence-corrected chi connectivity index (χ1v) is 6.32. The van der Waals surface area contributed by atoms with Gasteiger partial charge in [-0.1, -0.05) is 60.7 Å². The minimum atomic E-state index is -0.358. The molecule has 3 rings (SSSR count). The molecule has 0 radical (unpaired) electrons. The predicted octanol–water partition coefficient (Wildman–Crippen LogP) is 2.51. The van der Waals surface area contributed by atoms with E-state index in [1.807, 2.05) is 60.7 Å². The second kappa shape index (κ2) is 5.09. The molecule has 98 valence electrons. The fraction of sp³-hybridized carbons (Fsp3) is 0.0625. The molecule has 0 atom stereocenters. The van der Waals surface area contributed by atoms with E-state index in [9.17, 15) is 4.79 Å². The Bertz CT molecular complexity index is 780. The van der Waals surface area contributed by atoms with Gasteiger partial charge in [-0.15, -0.1) is 0 Å². The Morgan fingerprint density at radius 3 is 1.85 bits per heavy atom. The van der Waals surface area contributed by atoms with Crippen molar-refractivity contribution in [2.75, 3.05) is 0 Å². The molecule has 0 unspecified atom stereocenters. The molecule has 0 saturated heterocycles. The molecule has 0 fully saturated rings. The monoisotopic (exact) mass is 263 g/mol. The topological polar surface area (TPSA) is 47.8 Å². The van der Waals surface area contributed by atoms with Crippen molar-refractivity contribution < 1.29 is 0 Å². The third kappa shape index (κ3) is 2.23. The van der Waals surface area contributed by atoms with Crippen molar-refractivity contribution in [2.45, 2.75) is 0 Å². The summed E-state index contributed by atoms with van der Waals surface area (Å²) in [5.41, 5.74) is 2.79. The molecule has 0 spiro atoms. The Hall–Kier alpha value is -2.75. The summed E-state index contributed by atoms with van der Waals surface area (Å²) in [4.78, 5) is 16.0. The van der Waals surface area contributed by atoms with Crippen LogP contribution in [0.25, 0.3) is 22.5 Å². The number of benzene rings is 2. The molecule has 20 heavy (non-hydrogen) atoms. The zero-order valence-corrected chi connectivity index (χ0v) is 11.0. The van der Waals surface area contributed by atoms with Crippen molar-refractivity contribution in [2.24, 2.45) is 7.05 Å². The van der Waals surface area contributed by atoms with Crippen LogP contribution in [0.5, 0.6) is 0 Å². The lowest BCUT2D eigenvalue weighted by molar-refractivity contribution is 0.681. The van der Waals surface area contributed by atoms with Crippen LogP contribution in [0.4, 0.5) is 0 Å². The largest absolute Gasteiger partial charge is 0.364 e. The maximum absolute atomic E-state index is 11.8. The molecule has 1 aromatic heterocycles. The average molecular weight is 263 g/mol. The van der Waals surface area contributed by atoms with E-state index < -0.39 is 0 Å². The van der Waals surface area contributed by atoms with E-state index in [1.165, 1.54) is 4.68 Å². The molecule has 0 aliphatic heterocycles. The van der Waals surface area contributed by atoms with E-state index in [1.54, 1.807) is 7.05 Å². The summed E-state index contributed by atoms with van der Waals surface area (Å²) in [6, 6.07) is 19.4. The highest BCUT2D eigenvalue weighted by Gasteiger charge is 2.12. The summed E-state index contributed by atoms with van der Waals surface area (Å²) in [5, 5.41) is 4.36. The fourth-order valence-electron chi connectivity index (χ4n) is 2.05. The van der Waals surface area contributed by atoms with Crippen LogP contribution in [0.15, 0.2) is 65.5 Å². The lowest BCUT2D eigenvalue weighted by Gasteiger charge is -2.09. The molecule has 4 nitrogen and oxygen atoms in total. The highest BCUT2D eigenvalue weighted by atomic mass is 16.1. The molecule has 0 amide bonds. The lowest BCUT2D eigenvalue weighted by atomic mass is 10.0. The van der Waals surface area contributed by atoms with Gasteiger partial charge in [-0.25, -0.2) is 9.48 Å². The second-order valence-electron chi connectivity index (χ2n) is 4.45. The summed E-state index contributed by atoms with van der Waals surface area (Å²) < 4.78 is 1.26. The molecule has 1 heterocycles. The molecule has 0 N–H and O–H groups in total. The van der Waals surface area contributed by atoms with Gasteiger partial charge in [0, 0.05) is 18.2 Å². The number of aromatic nitrogens is 3. The minimum Gasteiger partial charge on any atom is -0.244 e. The van der Waals surface area contributed by atoms with Crippen LogP contribution in [0.1, 0.15) is 0 Å². The van der Waals surface area contributed by atoms with Crippen LogP contribution in [0.3, 0.4) is 0 Å². The van der Waals surface area contributed by atoms with Gasteiger partial charge < -0.3 is 0 Å². The summed E-state index contributed by atoms with van der Waals surface area (Å²) in [6.07, 6.45) is 0. The zero-order valence-electron chi connectivity index (χ0n) is 11.0. The first-order chi connectivity index (χ1) is 9.75. The first-order valence-electron chi connectivity index (χ1n) is 6.32. The van der Waals surface area contributed by atoms with Crippen molar-refractivity contribution in [3.05, 3.63) is 71.1 Å². The van der Waals surface area contributed by atoms with Crippen LogP contribution in [0, 0.1) is 0 Å². The normalized spacial score (nSPS) is 10.4. The maximum atomic E-state index is 11.8. The standard InChI is InChI=1S/C16H13N3O/c1-19-16(20)17-14(12-8-4-2-5-9-12)15(18-19)13-10-6-3-7-11-13/h2-11H,1H3. The minimum absolute atomic E-state index is 0.358. The van der Waals surface area contributed by atoms with Crippen LogP contribution >= 0.6 is 0 Å². The maximum Gasteiger partial charge on any atom is 0.364 e. The number of hydrogen-bond acceptors (Lipinski definition) is 3. The Labute approximate surface area is 116 Å². The van der Waals surface area contributed by atoms with Gasteiger partial charge in [0.25, 0.3) is 0 Å². The van der Waals surface area contributed by atoms with E-state index in [0.717, 1.165) is 11.1 Å². The molecule has 0 aliphatic carbocycles. The number of nitrogens with zero attached hydrogens (tertiary/aromatic N) is 3. The van der Waals surface area contributed by atoms with Gasteiger partial charge in [0.15, 0.2) is 0 Å². The molecule has 3 aromatic rings. The van der Waals surface area contributed by atoms with Gasteiger partial charge in [-0.3, -0.25) is 0 Å². The van der Waals surface area contributed by atoms with Crippen molar-refractivity contribution >= 4 is 0 Å². The van der Waals surface area contributed by atoms with Crippen LogP contribution < -0.4 is 5.69 Å². The first kappa shape index (κ1) is 12.3. The molecular weight excluding hydrogens is 250 g/mol. The van der Waals surface area contributed by atoms with E-state index >= 15 is 0 Å². The van der Waals surface area contributed by atoms with Gasteiger partial charge in [-0.05, 0) is 0 Å². The van der Waals surface area contributed by atoms with Gasteiger partial charge in [0.2, 0.25) is 0 Å². The summed E-state index contributed by atoms with van der Waals surface area (Å²) in [6.45, 7) is 0. The smallest absolute Gasteiger partial charge is 0.244 e. The van der Waals surface area contributed by atoms with E-state index in [2.05, 4.69) is 10.1 Å². The van der Waals surface area contributed by atoms with E-state index in [4.69, 9.17) is 0 Å². The van der Waals surface area contributed by atoms with Crippen LogP contribution in [-0.4, -0.2) is 14.8 Å². The summed E-state index contributed by atoms with van der Waals surface area (Å²) in [7, 11) is 1.61. The lowest BCUT2D eigenvalue weighted by Crippen LogP contribution is -2.24. The second-order valence-corrected chi connectivity index (χ2v) is 4.45. The van der Waals surface area contributed by atoms with E-state index in [0.29, 0.717) is 11.4 Å². The van der Waals surface area contributed by atoms with Crippen molar-refractivity contribution in [3.8, 4) is 22.5 Å². The van der Waals surface area contributed by atoms with E-state index in [-0.39, 0.29) is 5.69 Å².